The fourth-order valence-electron chi connectivity index (χ4n) is 8.50. The van der Waals surface area contributed by atoms with Crippen LogP contribution in [0, 0.1) is 17.8 Å². The molecule has 448 valence electrons. The van der Waals surface area contributed by atoms with E-state index in [2.05, 4.69) is 54.8 Å². The lowest BCUT2D eigenvalue weighted by Crippen LogP contribution is -2.61. The highest BCUT2D eigenvalue weighted by atomic mass is 16.2. The van der Waals surface area contributed by atoms with Crippen molar-refractivity contribution in [3.63, 3.8) is 0 Å². The van der Waals surface area contributed by atoms with Gasteiger partial charge in [0.25, 0.3) is 0 Å². The first kappa shape index (κ1) is 70.7. The van der Waals surface area contributed by atoms with Gasteiger partial charge in [0.15, 0.2) is 0 Å². The van der Waals surface area contributed by atoms with E-state index in [1.165, 1.54) is 0 Å². The molecule has 10 amide bonds. The van der Waals surface area contributed by atoms with Crippen LogP contribution >= 0.6 is 0 Å². The first-order chi connectivity index (χ1) is 37.5. The fraction of sp³-hybridized carbons (Fsp3) is 0.704. The average Bonchev–Trinajstić information content (AvgIpc) is 3.38. The molecule has 9 atom stereocenters. The normalized spacial score (nSPS) is 14.7. The molecule has 0 fully saturated rings. The molecule has 1 aromatic rings. The number of nitrogens with one attached hydrogen (secondary N) is 9. The van der Waals surface area contributed by atoms with Crippen LogP contribution in [0.3, 0.4) is 0 Å². The minimum atomic E-state index is -1.33. The Labute approximate surface area is 467 Å². The van der Waals surface area contributed by atoms with Gasteiger partial charge in [-0.25, -0.2) is 0 Å². The van der Waals surface area contributed by atoms with E-state index < -0.39 is 113 Å². The predicted molar refractivity (Wildman–Crippen MR) is 302 cm³/mol. The third kappa shape index (κ3) is 27.9. The SMILES string of the molecule is CCCCCCCC(=O)N[C@@H](CCN)C(=O)N[C@@H](CCN)C(=O)N[C@@H](CCN)C(=O)N[C@H](Cc1ccccc1)C(=O)N[C@@H](CC(C)C)C(=O)N[C@@H](CCN)C(=O)N[C@@H](C(=O)N[C@@H](CC(C)C)C(=O)N[C@@H](CCN)C(N)=O)C(C)C. The summed E-state index contributed by atoms with van der Waals surface area (Å²) >= 11 is 0. The Kier molecular flexibility index (Phi) is 35.1. The highest BCUT2D eigenvalue weighted by Gasteiger charge is 2.36. The summed E-state index contributed by atoms with van der Waals surface area (Å²) in [5.74, 6) is -7.84. The number of benzene rings is 1. The van der Waals surface area contributed by atoms with Gasteiger partial charge in [-0.1, -0.05) is 104 Å². The molecule has 79 heavy (non-hydrogen) atoms. The molecule has 21 N–H and O–H groups in total. The molecule has 0 saturated carbocycles. The predicted octanol–water partition coefficient (Wildman–Crippen LogP) is -2.07. The maximum atomic E-state index is 14.4. The molecule has 25 heteroatoms. The number of nitrogens with two attached hydrogens (primary N) is 6. The van der Waals surface area contributed by atoms with E-state index in [4.69, 9.17) is 34.4 Å². The molecule has 0 aliphatic rings. The number of carbonyl (C=O) groups excluding carboxylic acids is 10. The molecule has 0 aliphatic heterocycles. The van der Waals surface area contributed by atoms with Gasteiger partial charge in [0, 0.05) is 12.8 Å². The number of rotatable bonds is 41. The van der Waals surface area contributed by atoms with Crippen LogP contribution in [0.25, 0.3) is 0 Å². The summed E-state index contributed by atoms with van der Waals surface area (Å²) in [4.78, 5) is 136. The van der Waals surface area contributed by atoms with E-state index in [0.717, 1.165) is 25.7 Å². The van der Waals surface area contributed by atoms with E-state index in [1.807, 2.05) is 27.7 Å². The van der Waals surface area contributed by atoms with Crippen LogP contribution in [0.4, 0.5) is 0 Å². The van der Waals surface area contributed by atoms with Crippen molar-refractivity contribution in [2.24, 2.45) is 52.2 Å². The summed E-state index contributed by atoms with van der Waals surface area (Å²) in [5.41, 5.74) is 35.2. The number of carbonyl (C=O) groups is 10. The Bertz CT molecular complexity index is 2060. The van der Waals surface area contributed by atoms with Crippen LogP contribution in [0.1, 0.15) is 138 Å². The zero-order chi connectivity index (χ0) is 59.6. The molecule has 25 nitrogen and oxygen atoms in total. The average molecular weight is 1120 g/mol. The number of hydrogen-bond donors (Lipinski definition) is 15. The van der Waals surface area contributed by atoms with E-state index in [0.29, 0.717) is 12.0 Å². The van der Waals surface area contributed by atoms with Crippen LogP contribution in [0.2, 0.25) is 0 Å². The lowest BCUT2D eigenvalue weighted by Gasteiger charge is -2.29. The quantitative estimate of drug-likeness (QED) is 0.0313. The lowest BCUT2D eigenvalue weighted by atomic mass is 9.98. The molecule has 0 aromatic heterocycles. The summed E-state index contributed by atoms with van der Waals surface area (Å²) in [5, 5.41) is 24.1. The van der Waals surface area contributed by atoms with Gasteiger partial charge in [-0.05, 0) is 107 Å². The maximum Gasteiger partial charge on any atom is 0.243 e. The summed E-state index contributed by atoms with van der Waals surface area (Å²) in [7, 11) is 0. The van der Waals surface area contributed by atoms with Crippen LogP contribution in [0.15, 0.2) is 30.3 Å². The van der Waals surface area contributed by atoms with Crippen LogP contribution < -0.4 is 82.3 Å². The smallest absolute Gasteiger partial charge is 0.243 e. The van der Waals surface area contributed by atoms with Crippen molar-refractivity contribution in [2.45, 2.75) is 193 Å². The van der Waals surface area contributed by atoms with Gasteiger partial charge in [0.1, 0.15) is 54.4 Å². The van der Waals surface area contributed by atoms with Crippen molar-refractivity contribution in [3.05, 3.63) is 35.9 Å². The second-order valence-electron chi connectivity index (χ2n) is 21.2. The van der Waals surface area contributed by atoms with Gasteiger partial charge in [-0.15, -0.1) is 0 Å². The highest BCUT2D eigenvalue weighted by Crippen LogP contribution is 2.13. The van der Waals surface area contributed by atoms with Gasteiger partial charge in [0.05, 0.1) is 0 Å². The van der Waals surface area contributed by atoms with Gasteiger partial charge in [0.2, 0.25) is 59.1 Å². The van der Waals surface area contributed by atoms with E-state index in [1.54, 1.807) is 44.2 Å². The number of unbranched alkanes of at least 4 members (excludes halogenated alkanes) is 4. The number of amides is 10. The standard InChI is InChI=1S/C54H97N15O10/c1-8-9-10-11-15-18-44(70)61-37(20-25-56)47(72)63-38(21-26-57)48(73)64-39(22-27-58)49(74)67-43(31-35-16-13-12-14-17-35)53(78)66-41(29-32(2)3)52(77)65-40(23-28-59)50(75)69-45(34(6)7)54(79)68-42(30-33(4)5)51(76)62-36(19-24-55)46(60)71/h12-14,16-17,32-34,36-43,45H,8-11,15,18-31,55-59H2,1-7H3,(H2,60,71)(H,61,70)(H,62,76)(H,63,72)(H,64,73)(H,65,77)(H,66,78)(H,67,74)(H,68,79)(H,69,75)/t36-,37-,38-,39-,40-,41-,42-,43+,45+/m0/s1. The zero-order valence-electron chi connectivity index (χ0n) is 47.8. The fourth-order valence-corrected chi connectivity index (χ4v) is 8.50. The first-order valence-corrected chi connectivity index (χ1v) is 28.0. The molecule has 0 spiro atoms. The number of primary amides is 1. The molecule has 0 unspecified atom stereocenters. The van der Waals surface area contributed by atoms with Crippen LogP contribution in [0.5, 0.6) is 0 Å². The second kappa shape index (κ2) is 39.1. The van der Waals surface area contributed by atoms with Crippen molar-refractivity contribution in [1.29, 1.82) is 0 Å². The largest absolute Gasteiger partial charge is 0.368 e. The molecule has 0 heterocycles. The van der Waals surface area contributed by atoms with Crippen molar-refractivity contribution in [1.82, 2.24) is 47.9 Å². The van der Waals surface area contributed by atoms with Gasteiger partial charge < -0.3 is 82.3 Å². The summed E-state index contributed by atoms with van der Waals surface area (Å²) < 4.78 is 0. The van der Waals surface area contributed by atoms with Gasteiger partial charge in [-0.3, -0.25) is 47.9 Å². The van der Waals surface area contributed by atoms with Crippen molar-refractivity contribution in [2.75, 3.05) is 32.7 Å². The maximum absolute atomic E-state index is 14.4. The molecule has 0 aliphatic carbocycles. The molecule has 0 saturated heterocycles. The minimum absolute atomic E-state index is 0.0334. The number of hydrogen-bond acceptors (Lipinski definition) is 15. The van der Waals surface area contributed by atoms with Crippen molar-refractivity contribution >= 4 is 59.1 Å². The lowest BCUT2D eigenvalue weighted by molar-refractivity contribution is -0.136. The molecule has 0 bridgehead atoms. The molecule has 0 radical (unpaired) electrons. The Balaban J connectivity index is 3.42. The third-order valence-corrected chi connectivity index (χ3v) is 12.8. The van der Waals surface area contributed by atoms with E-state index >= 15 is 0 Å². The summed E-state index contributed by atoms with van der Waals surface area (Å²) in [6.45, 7) is 12.7. The monoisotopic (exact) mass is 1120 g/mol. The second-order valence-corrected chi connectivity index (χ2v) is 21.2. The van der Waals surface area contributed by atoms with E-state index in [-0.39, 0.29) is 108 Å². The Morgan fingerprint density at radius 3 is 1.15 bits per heavy atom. The molecular weight excluding hydrogens is 1020 g/mol. The highest BCUT2D eigenvalue weighted by molar-refractivity contribution is 5.98. The molecule has 1 rings (SSSR count). The zero-order valence-corrected chi connectivity index (χ0v) is 47.8. The van der Waals surface area contributed by atoms with Crippen LogP contribution in [-0.4, -0.2) is 146 Å². The third-order valence-electron chi connectivity index (χ3n) is 12.8. The van der Waals surface area contributed by atoms with Crippen LogP contribution in [-0.2, 0) is 54.4 Å². The van der Waals surface area contributed by atoms with Gasteiger partial charge in [-0.2, -0.15) is 0 Å². The van der Waals surface area contributed by atoms with Gasteiger partial charge >= 0.3 is 0 Å². The van der Waals surface area contributed by atoms with E-state index in [9.17, 15) is 47.9 Å². The summed E-state index contributed by atoms with van der Waals surface area (Å²) in [6.07, 6.45) is 5.00. The molecular formula is C54H97N15O10. The van der Waals surface area contributed by atoms with Crippen molar-refractivity contribution < 1.29 is 47.9 Å². The summed E-state index contributed by atoms with van der Waals surface area (Å²) in [6, 6.07) is -2.16. The topological polar surface area (TPSA) is 435 Å². The van der Waals surface area contributed by atoms with Crippen molar-refractivity contribution in [3.8, 4) is 0 Å². The molecule has 1 aromatic carbocycles. The Hall–Kier alpha value is -6.28. The Morgan fingerprint density at radius 2 is 0.747 bits per heavy atom. The minimum Gasteiger partial charge on any atom is -0.368 e. The Morgan fingerprint density at radius 1 is 0.405 bits per heavy atom. The first-order valence-electron chi connectivity index (χ1n) is 28.0.